The highest BCUT2D eigenvalue weighted by Gasteiger charge is 2.28. The zero-order valence-corrected chi connectivity index (χ0v) is 17.6. The first-order chi connectivity index (χ1) is 15.3. The Kier molecular flexibility index (Phi) is 6.44. The van der Waals surface area contributed by atoms with E-state index in [9.17, 15) is 18.0 Å². The largest absolute Gasteiger partial charge is 0.389 e. The molecule has 12 heteroatoms. The second-order valence-electron chi connectivity index (χ2n) is 7.45. The molecule has 6 N–H and O–H groups in total. The SMILES string of the molecule is Nc1sc(-c2c(F)cccc2F)nc1C(=O)Nc1cn[nH]c1C[C@H]1C[C@@H](F)[C@H](N)CCO1. The number of anilines is 2. The molecule has 4 rings (SSSR count). The Labute approximate surface area is 185 Å². The number of hydrogen-bond donors (Lipinski definition) is 4. The van der Waals surface area contributed by atoms with Crippen LogP contribution < -0.4 is 16.8 Å². The van der Waals surface area contributed by atoms with Crippen molar-refractivity contribution in [3.05, 3.63) is 47.4 Å². The highest BCUT2D eigenvalue weighted by Crippen LogP contribution is 2.34. The van der Waals surface area contributed by atoms with Crippen LogP contribution in [0.25, 0.3) is 10.6 Å². The number of nitrogens with two attached hydrogens (primary N) is 2. The van der Waals surface area contributed by atoms with Crippen LogP contribution in [0.5, 0.6) is 0 Å². The smallest absolute Gasteiger partial charge is 0.277 e. The number of nitrogens with one attached hydrogen (secondary N) is 2. The van der Waals surface area contributed by atoms with Gasteiger partial charge in [0.05, 0.1) is 29.2 Å². The van der Waals surface area contributed by atoms with Gasteiger partial charge in [0, 0.05) is 25.5 Å². The second-order valence-corrected chi connectivity index (χ2v) is 8.48. The van der Waals surface area contributed by atoms with Gasteiger partial charge in [0.25, 0.3) is 5.91 Å². The number of nitrogens with zero attached hydrogens (tertiary/aromatic N) is 2. The summed E-state index contributed by atoms with van der Waals surface area (Å²) < 4.78 is 47.9. The Hall–Kier alpha value is -2.96. The van der Waals surface area contributed by atoms with Crippen LogP contribution in [0.3, 0.4) is 0 Å². The Morgan fingerprint density at radius 1 is 1.34 bits per heavy atom. The third kappa shape index (κ3) is 4.61. The molecule has 3 aromatic rings. The molecule has 1 saturated heterocycles. The van der Waals surface area contributed by atoms with Crippen molar-refractivity contribution in [2.24, 2.45) is 5.73 Å². The van der Waals surface area contributed by atoms with E-state index in [-0.39, 0.29) is 34.1 Å². The third-order valence-corrected chi connectivity index (χ3v) is 6.10. The summed E-state index contributed by atoms with van der Waals surface area (Å²) in [5.74, 6) is -2.29. The first kappa shape index (κ1) is 22.2. The Morgan fingerprint density at radius 3 is 2.84 bits per heavy atom. The first-order valence-electron chi connectivity index (χ1n) is 9.89. The van der Waals surface area contributed by atoms with Gasteiger partial charge in [-0.3, -0.25) is 9.89 Å². The number of amides is 1. The van der Waals surface area contributed by atoms with E-state index in [1.54, 1.807) is 0 Å². The first-order valence-corrected chi connectivity index (χ1v) is 10.7. The average molecular weight is 466 g/mol. The molecule has 0 unspecified atom stereocenters. The number of thiazole rings is 1. The van der Waals surface area contributed by atoms with Crippen LogP contribution in [0.2, 0.25) is 0 Å². The molecule has 0 saturated carbocycles. The molecule has 3 atom stereocenters. The predicted molar refractivity (Wildman–Crippen MR) is 114 cm³/mol. The fourth-order valence-electron chi connectivity index (χ4n) is 3.48. The number of aromatic amines is 1. The summed E-state index contributed by atoms with van der Waals surface area (Å²) in [7, 11) is 0. The molecule has 1 aliphatic rings. The number of H-pyrrole nitrogens is 1. The summed E-state index contributed by atoms with van der Waals surface area (Å²) in [4.78, 5) is 16.8. The average Bonchev–Trinajstić information content (AvgIpc) is 3.29. The summed E-state index contributed by atoms with van der Waals surface area (Å²) in [5.41, 5.74) is 12.0. The summed E-state index contributed by atoms with van der Waals surface area (Å²) in [6.07, 6.45) is 0.608. The monoisotopic (exact) mass is 466 g/mol. The number of rotatable bonds is 5. The molecule has 3 heterocycles. The van der Waals surface area contributed by atoms with Gasteiger partial charge in [0.2, 0.25) is 0 Å². The molecule has 0 spiro atoms. The predicted octanol–water partition coefficient (Wildman–Crippen LogP) is 3.03. The van der Waals surface area contributed by atoms with Gasteiger partial charge in [0.1, 0.15) is 27.8 Å². The number of alkyl halides is 1. The van der Waals surface area contributed by atoms with Crippen molar-refractivity contribution in [1.82, 2.24) is 15.2 Å². The van der Waals surface area contributed by atoms with Crippen LogP contribution in [0.4, 0.5) is 23.9 Å². The van der Waals surface area contributed by atoms with E-state index in [0.717, 1.165) is 23.5 Å². The summed E-state index contributed by atoms with van der Waals surface area (Å²) in [5, 5.41) is 9.29. The van der Waals surface area contributed by atoms with Gasteiger partial charge >= 0.3 is 0 Å². The van der Waals surface area contributed by atoms with E-state index in [1.807, 2.05) is 0 Å². The zero-order valence-electron chi connectivity index (χ0n) is 16.8. The highest BCUT2D eigenvalue weighted by molar-refractivity contribution is 7.19. The Balaban J connectivity index is 1.50. The van der Waals surface area contributed by atoms with E-state index < -0.39 is 35.9 Å². The van der Waals surface area contributed by atoms with Crippen LogP contribution in [0, 0.1) is 11.6 Å². The van der Waals surface area contributed by atoms with Gasteiger partial charge in [-0.05, 0) is 18.6 Å². The maximum absolute atomic E-state index is 14.1. The number of halogens is 3. The van der Waals surface area contributed by atoms with Crippen LogP contribution in [0.15, 0.2) is 24.4 Å². The van der Waals surface area contributed by atoms with Crippen LogP contribution in [-0.4, -0.2) is 46.0 Å². The van der Waals surface area contributed by atoms with Crippen molar-refractivity contribution in [2.75, 3.05) is 17.7 Å². The van der Waals surface area contributed by atoms with Gasteiger partial charge in [-0.25, -0.2) is 18.2 Å². The maximum atomic E-state index is 14.1. The van der Waals surface area contributed by atoms with Crippen molar-refractivity contribution in [1.29, 1.82) is 0 Å². The van der Waals surface area contributed by atoms with Crippen LogP contribution in [-0.2, 0) is 11.2 Å². The van der Waals surface area contributed by atoms with Gasteiger partial charge in [0.15, 0.2) is 5.69 Å². The van der Waals surface area contributed by atoms with E-state index in [0.29, 0.717) is 24.4 Å². The molecule has 0 bridgehead atoms. The van der Waals surface area contributed by atoms with E-state index in [4.69, 9.17) is 16.2 Å². The van der Waals surface area contributed by atoms with E-state index >= 15 is 0 Å². The number of benzene rings is 1. The normalized spacial score (nSPS) is 21.3. The van der Waals surface area contributed by atoms with Crippen LogP contribution in [0.1, 0.15) is 29.0 Å². The summed E-state index contributed by atoms with van der Waals surface area (Å²) >= 11 is 0.801. The van der Waals surface area contributed by atoms with Gasteiger partial charge in [-0.1, -0.05) is 17.4 Å². The molecular weight excluding hydrogens is 445 g/mol. The number of nitrogen functional groups attached to an aromatic ring is 1. The van der Waals surface area contributed by atoms with Crippen molar-refractivity contribution in [3.63, 3.8) is 0 Å². The zero-order chi connectivity index (χ0) is 22.8. The minimum atomic E-state index is -1.18. The van der Waals surface area contributed by atoms with Gasteiger partial charge < -0.3 is 21.5 Å². The molecule has 32 heavy (non-hydrogen) atoms. The van der Waals surface area contributed by atoms with E-state index in [1.165, 1.54) is 12.3 Å². The molecule has 1 aliphatic heterocycles. The number of carbonyl (C=O) groups is 1. The second kappa shape index (κ2) is 9.27. The molecule has 170 valence electrons. The molecule has 0 radical (unpaired) electrons. The number of ether oxygens (including phenoxy) is 1. The van der Waals surface area contributed by atoms with Crippen molar-refractivity contribution < 1.29 is 22.7 Å². The lowest BCUT2D eigenvalue weighted by molar-refractivity contribution is 0.0514. The molecule has 1 aromatic carbocycles. The fourth-order valence-corrected chi connectivity index (χ4v) is 4.35. The van der Waals surface area contributed by atoms with Crippen molar-refractivity contribution in [3.8, 4) is 10.6 Å². The van der Waals surface area contributed by atoms with Gasteiger partial charge in [-0.15, -0.1) is 0 Å². The molecular formula is C20H21F3N6O2S. The van der Waals surface area contributed by atoms with Gasteiger partial charge in [-0.2, -0.15) is 5.10 Å². The van der Waals surface area contributed by atoms with Crippen molar-refractivity contribution in [2.45, 2.75) is 37.6 Å². The Bertz CT molecular complexity index is 1100. The number of hydrogen-bond acceptors (Lipinski definition) is 7. The standard InChI is InChI=1S/C20H21F3N6O2S/c21-10-2-1-3-11(22)16(10)20-28-17(18(25)32-20)19(30)27-15-8-26-29-14(15)7-9-6-12(23)13(24)4-5-31-9/h1-3,8-9,12-13H,4-7,24-25H2,(H,26,29)(H,27,30)/t9-,12-,13-/m1/s1. The van der Waals surface area contributed by atoms with E-state index in [2.05, 4.69) is 20.5 Å². The fraction of sp³-hybridized carbons (Fsp3) is 0.350. The molecule has 0 aliphatic carbocycles. The lowest BCUT2D eigenvalue weighted by Gasteiger charge is -2.17. The quantitative estimate of drug-likeness (QED) is 0.457. The third-order valence-electron chi connectivity index (χ3n) is 5.20. The topological polar surface area (TPSA) is 132 Å². The molecule has 1 amide bonds. The van der Waals surface area contributed by atoms with Crippen LogP contribution >= 0.6 is 11.3 Å². The number of carbonyl (C=O) groups excluding carboxylic acids is 1. The maximum Gasteiger partial charge on any atom is 0.277 e. The Morgan fingerprint density at radius 2 is 2.09 bits per heavy atom. The lowest BCUT2D eigenvalue weighted by atomic mass is 10.0. The summed E-state index contributed by atoms with van der Waals surface area (Å²) in [6.45, 7) is 0.340. The highest BCUT2D eigenvalue weighted by atomic mass is 32.1. The minimum absolute atomic E-state index is 0.00607. The molecule has 8 nitrogen and oxygen atoms in total. The molecule has 1 fully saturated rings. The minimum Gasteiger partial charge on any atom is -0.389 e. The lowest BCUT2D eigenvalue weighted by Crippen LogP contribution is -2.32. The van der Waals surface area contributed by atoms with Crippen molar-refractivity contribution >= 4 is 27.9 Å². The molecule has 2 aromatic heterocycles. The summed E-state index contributed by atoms with van der Waals surface area (Å²) in [6, 6.07) is 2.85. The number of aromatic nitrogens is 3.